The van der Waals surface area contributed by atoms with Crippen molar-refractivity contribution in [3.8, 4) is 0 Å². The molecule has 0 aliphatic heterocycles. The van der Waals surface area contributed by atoms with Crippen molar-refractivity contribution in [1.29, 1.82) is 0 Å². The first kappa shape index (κ1) is 15.8. The molecule has 106 valence electrons. The quantitative estimate of drug-likeness (QED) is 0.359. The molecular weight excluding hydrogens is 262 g/mol. The molecule has 1 aromatic heterocycles. The molecule has 0 amide bonds. The van der Waals surface area contributed by atoms with Crippen LogP contribution in [0.1, 0.15) is 44.0 Å². The van der Waals surface area contributed by atoms with Crippen LogP contribution in [0.2, 0.25) is 0 Å². The lowest BCUT2D eigenvalue weighted by atomic mass is 10.1. The maximum absolute atomic E-state index is 11.5. The Bertz CT molecular complexity index is 424. The Morgan fingerprint density at radius 1 is 1.53 bits per heavy atom. The second kappa shape index (κ2) is 7.99. The summed E-state index contributed by atoms with van der Waals surface area (Å²) in [5.74, 6) is 1.37. The highest BCUT2D eigenvalue weighted by Gasteiger charge is 2.13. The van der Waals surface area contributed by atoms with E-state index in [0.717, 1.165) is 12.2 Å². The van der Waals surface area contributed by atoms with Crippen LogP contribution in [0.3, 0.4) is 0 Å². The zero-order chi connectivity index (χ0) is 14.3. The van der Waals surface area contributed by atoms with Crippen molar-refractivity contribution in [1.82, 2.24) is 9.97 Å². The summed E-state index contributed by atoms with van der Waals surface area (Å²) in [6.07, 6.45) is 3.74. The number of nitrogens with two attached hydrogens (primary N) is 1. The molecule has 0 bridgehead atoms. The van der Waals surface area contributed by atoms with E-state index < -0.39 is 5.97 Å². The fourth-order valence-electron chi connectivity index (χ4n) is 1.47. The SMILES string of the molecule is CCOC(=O)c1cnc(SCCCC(C)C)nc1N. The summed E-state index contributed by atoms with van der Waals surface area (Å²) in [4.78, 5) is 19.8. The molecule has 0 aliphatic rings. The van der Waals surface area contributed by atoms with E-state index in [4.69, 9.17) is 10.5 Å². The summed E-state index contributed by atoms with van der Waals surface area (Å²) in [7, 11) is 0. The number of carbonyl (C=O) groups is 1. The van der Waals surface area contributed by atoms with E-state index in [0.29, 0.717) is 17.7 Å². The van der Waals surface area contributed by atoms with Gasteiger partial charge in [-0.3, -0.25) is 0 Å². The lowest BCUT2D eigenvalue weighted by molar-refractivity contribution is 0.0526. The number of esters is 1. The maximum Gasteiger partial charge on any atom is 0.343 e. The summed E-state index contributed by atoms with van der Waals surface area (Å²) < 4.78 is 4.87. The Morgan fingerprint density at radius 3 is 2.84 bits per heavy atom. The molecule has 0 radical (unpaired) electrons. The molecule has 1 rings (SSSR count). The van der Waals surface area contributed by atoms with Crippen LogP contribution in [0.4, 0.5) is 5.82 Å². The number of nitrogens with zero attached hydrogens (tertiary/aromatic N) is 2. The highest BCUT2D eigenvalue weighted by atomic mass is 32.2. The molecule has 0 unspecified atom stereocenters. The van der Waals surface area contributed by atoms with Crippen molar-refractivity contribution in [3.63, 3.8) is 0 Å². The van der Waals surface area contributed by atoms with Gasteiger partial charge >= 0.3 is 5.97 Å². The minimum Gasteiger partial charge on any atom is -0.462 e. The van der Waals surface area contributed by atoms with Gasteiger partial charge in [-0.1, -0.05) is 32.0 Å². The number of carbonyl (C=O) groups excluding carboxylic acids is 1. The van der Waals surface area contributed by atoms with E-state index in [-0.39, 0.29) is 11.4 Å². The van der Waals surface area contributed by atoms with Gasteiger partial charge in [0.2, 0.25) is 0 Å². The van der Waals surface area contributed by atoms with Gasteiger partial charge in [0, 0.05) is 11.9 Å². The molecule has 0 fully saturated rings. The largest absolute Gasteiger partial charge is 0.462 e. The lowest BCUT2D eigenvalue weighted by Crippen LogP contribution is -2.10. The summed E-state index contributed by atoms with van der Waals surface area (Å²) in [6, 6.07) is 0. The molecule has 0 aliphatic carbocycles. The van der Waals surface area contributed by atoms with Crippen LogP contribution < -0.4 is 5.73 Å². The van der Waals surface area contributed by atoms with Crippen molar-refractivity contribution in [2.75, 3.05) is 18.1 Å². The van der Waals surface area contributed by atoms with Gasteiger partial charge in [0.1, 0.15) is 11.4 Å². The number of anilines is 1. The number of aromatic nitrogens is 2. The van der Waals surface area contributed by atoms with Crippen molar-refractivity contribution >= 4 is 23.5 Å². The first-order chi connectivity index (χ1) is 9.04. The minimum absolute atomic E-state index is 0.180. The standard InChI is InChI=1S/C13H21N3O2S/c1-4-18-12(17)10-8-15-13(16-11(10)14)19-7-5-6-9(2)3/h8-9H,4-7H2,1-3H3,(H2,14,15,16). The fraction of sp³-hybridized carbons (Fsp3) is 0.615. The van der Waals surface area contributed by atoms with E-state index in [1.165, 1.54) is 12.6 Å². The monoisotopic (exact) mass is 283 g/mol. The Balaban J connectivity index is 2.54. The Kier molecular flexibility index (Phi) is 6.62. The number of rotatable bonds is 7. The summed E-state index contributed by atoms with van der Waals surface area (Å²) in [6.45, 7) is 6.46. The average Bonchev–Trinajstić information content (AvgIpc) is 2.34. The molecule has 0 spiro atoms. The Hall–Kier alpha value is -1.30. The van der Waals surface area contributed by atoms with Crippen LogP contribution >= 0.6 is 11.8 Å². The molecule has 19 heavy (non-hydrogen) atoms. The van der Waals surface area contributed by atoms with Gasteiger partial charge in [-0.2, -0.15) is 0 Å². The summed E-state index contributed by atoms with van der Waals surface area (Å²) in [5.41, 5.74) is 5.97. The van der Waals surface area contributed by atoms with Gasteiger partial charge in [0.25, 0.3) is 0 Å². The molecule has 1 aromatic rings. The number of thioether (sulfide) groups is 1. The Labute approximate surface area is 118 Å². The van der Waals surface area contributed by atoms with E-state index in [2.05, 4.69) is 23.8 Å². The third-order valence-corrected chi connectivity index (χ3v) is 3.40. The van der Waals surface area contributed by atoms with Gasteiger partial charge < -0.3 is 10.5 Å². The molecule has 0 aromatic carbocycles. The summed E-state index contributed by atoms with van der Waals surface area (Å²) in [5, 5.41) is 0.606. The van der Waals surface area contributed by atoms with Crippen LogP contribution in [0.5, 0.6) is 0 Å². The molecule has 6 heteroatoms. The fourth-order valence-corrected chi connectivity index (χ4v) is 2.25. The highest BCUT2D eigenvalue weighted by molar-refractivity contribution is 7.99. The van der Waals surface area contributed by atoms with Crippen LogP contribution in [0, 0.1) is 5.92 Å². The number of hydrogen-bond donors (Lipinski definition) is 1. The van der Waals surface area contributed by atoms with Crippen LogP contribution in [0.15, 0.2) is 11.4 Å². The molecule has 0 atom stereocenters. The lowest BCUT2D eigenvalue weighted by Gasteiger charge is -2.06. The van der Waals surface area contributed by atoms with Gasteiger partial charge in [0.05, 0.1) is 6.61 Å². The molecule has 5 nitrogen and oxygen atoms in total. The second-order valence-electron chi connectivity index (χ2n) is 4.56. The van der Waals surface area contributed by atoms with Crippen LogP contribution in [0.25, 0.3) is 0 Å². The van der Waals surface area contributed by atoms with Crippen molar-refractivity contribution in [2.24, 2.45) is 5.92 Å². The van der Waals surface area contributed by atoms with Crippen molar-refractivity contribution < 1.29 is 9.53 Å². The number of ether oxygens (including phenoxy) is 1. The number of nitrogen functional groups attached to an aromatic ring is 1. The van der Waals surface area contributed by atoms with Crippen LogP contribution in [-0.2, 0) is 4.74 Å². The first-order valence-corrected chi connectivity index (χ1v) is 7.45. The Morgan fingerprint density at radius 2 is 2.26 bits per heavy atom. The predicted molar refractivity (Wildman–Crippen MR) is 77.2 cm³/mol. The van der Waals surface area contributed by atoms with Gasteiger partial charge in [-0.05, 0) is 19.3 Å². The topological polar surface area (TPSA) is 78.1 Å². The second-order valence-corrected chi connectivity index (χ2v) is 5.62. The molecular formula is C13H21N3O2S. The van der Waals surface area contributed by atoms with Crippen molar-refractivity contribution in [3.05, 3.63) is 11.8 Å². The van der Waals surface area contributed by atoms with E-state index in [1.54, 1.807) is 18.7 Å². The average molecular weight is 283 g/mol. The normalized spacial score (nSPS) is 10.7. The minimum atomic E-state index is -0.476. The molecule has 1 heterocycles. The summed E-state index contributed by atoms with van der Waals surface area (Å²) >= 11 is 1.56. The number of hydrogen-bond acceptors (Lipinski definition) is 6. The van der Waals surface area contributed by atoms with Gasteiger partial charge in [-0.25, -0.2) is 14.8 Å². The third-order valence-electron chi connectivity index (χ3n) is 2.45. The van der Waals surface area contributed by atoms with E-state index in [9.17, 15) is 4.79 Å². The zero-order valence-corrected chi connectivity index (χ0v) is 12.5. The first-order valence-electron chi connectivity index (χ1n) is 6.47. The zero-order valence-electron chi connectivity index (χ0n) is 11.7. The van der Waals surface area contributed by atoms with Gasteiger partial charge in [0.15, 0.2) is 5.16 Å². The van der Waals surface area contributed by atoms with Crippen molar-refractivity contribution in [2.45, 2.75) is 38.8 Å². The molecule has 0 saturated heterocycles. The molecule has 2 N–H and O–H groups in total. The smallest absolute Gasteiger partial charge is 0.343 e. The third kappa shape index (κ3) is 5.46. The highest BCUT2D eigenvalue weighted by Crippen LogP contribution is 2.19. The maximum atomic E-state index is 11.5. The molecule has 0 saturated carbocycles. The van der Waals surface area contributed by atoms with Crippen LogP contribution in [-0.4, -0.2) is 28.3 Å². The van der Waals surface area contributed by atoms with E-state index >= 15 is 0 Å². The predicted octanol–water partition coefficient (Wildman–Crippen LogP) is 2.76. The van der Waals surface area contributed by atoms with E-state index in [1.807, 2.05) is 0 Å². The van der Waals surface area contributed by atoms with Gasteiger partial charge in [-0.15, -0.1) is 0 Å².